The number of hydrogen-bond acceptors (Lipinski definition) is 6. The van der Waals surface area contributed by atoms with Crippen LogP contribution in [0.4, 0.5) is 4.39 Å². The van der Waals surface area contributed by atoms with E-state index in [1.165, 1.54) is 38.5 Å². The van der Waals surface area contributed by atoms with Gasteiger partial charge in [-0.15, -0.1) is 0 Å². The van der Waals surface area contributed by atoms with Crippen LogP contribution >= 0.6 is 0 Å². The molecule has 0 aromatic heterocycles. The zero-order valence-electron chi connectivity index (χ0n) is 16.4. The first-order valence-corrected chi connectivity index (χ1v) is 10.7. The summed E-state index contributed by atoms with van der Waals surface area (Å²) in [4.78, 5) is 2.21. The Morgan fingerprint density at radius 1 is 1.07 bits per heavy atom. The third-order valence-corrected chi connectivity index (χ3v) is 6.29. The first-order chi connectivity index (χ1) is 13.9. The molecule has 1 N–H and O–H groups in total. The highest BCUT2D eigenvalue weighted by atomic mass is 32.2. The van der Waals surface area contributed by atoms with Gasteiger partial charge in [0.25, 0.3) is 0 Å². The van der Waals surface area contributed by atoms with Crippen LogP contribution in [0.25, 0.3) is 0 Å². The third kappa shape index (κ3) is 5.24. The lowest BCUT2D eigenvalue weighted by molar-refractivity contribution is 0.0172. The van der Waals surface area contributed by atoms with E-state index in [-0.39, 0.29) is 23.3 Å². The Labute approximate surface area is 170 Å². The van der Waals surface area contributed by atoms with Gasteiger partial charge in [-0.05, 0) is 29.8 Å². The van der Waals surface area contributed by atoms with Gasteiger partial charge in [0.05, 0.1) is 32.3 Å². The predicted molar refractivity (Wildman–Crippen MR) is 106 cm³/mol. The molecule has 1 aliphatic rings. The highest BCUT2D eigenvalue weighted by Gasteiger charge is 2.25. The summed E-state index contributed by atoms with van der Waals surface area (Å²) in [7, 11) is -0.850. The van der Waals surface area contributed by atoms with Gasteiger partial charge in [0.1, 0.15) is 5.82 Å². The van der Waals surface area contributed by atoms with Gasteiger partial charge in [0.2, 0.25) is 10.0 Å². The quantitative estimate of drug-likeness (QED) is 0.700. The van der Waals surface area contributed by atoms with E-state index in [9.17, 15) is 12.8 Å². The van der Waals surface area contributed by atoms with Crippen LogP contribution in [-0.2, 0) is 14.8 Å². The Balaban J connectivity index is 1.81. The van der Waals surface area contributed by atoms with Crippen molar-refractivity contribution in [3.8, 4) is 11.5 Å². The maximum atomic E-state index is 13.4. The van der Waals surface area contributed by atoms with Crippen molar-refractivity contribution in [3.63, 3.8) is 0 Å². The highest BCUT2D eigenvalue weighted by molar-refractivity contribution is 7.89. The van der Waals surface area contributed by atoms with E-state index >= 15 is 0 Å². The standard InChI is InChI=1S/C20H25FN2O5S/c1-26-19-8-7-17(13-20(19)27-2)29(24,25)22-14-18(23-9-11-28-12-10-23)15-3-5-16(21)6-4-15/h3-8,13,18,22H,9-12,14H2,1-2H3. The van der Waals surface area contributed by atoms with Gasteiger partial charge in [-0.25, -0.2) is 17.5 Å². The smallest absolute Gasteiger partial charge is 0.240 e. The number of hydrogen-bond donors (Lipinski definition) is 1. The van der Waals surface area contributed by atoms with Crippen molar-refractivity contribution in [2.45, 2.75) is 10.9 Å². The highest BCUT2D eigenvalue weighted by Crippen LogP contribution is 2.29. The maximum Gasteiger partial charge on any atom is 0.240 e. The molecule has 1 aliphatic heterocycles. The van der Waals surface area contributed by atoms with E-state index in [0.29, 0.717) is 37.8 Å². The summed E-state index contributed by atoms with van der Waals surface area (Å²) >= 11 is 0. The molecule has 0 amide bonds. The number of nitrogens with zero attached hydrogens (tertiary/aromatic N) is 1. The summed E-state index contributed by atoms with van der Waals surface area (Å²) in [5, 5.41) is 0. The molecule has 1 saturated heterocycles. The second-order valence-corrected chi connectivity index (χ2v) is 8.35. The summed E-state index contributed by atoms with van der Waals surface area (Å²) in [6.07, 6.45) is 0. The fourth-order valence-electron chi connectivity index (χ4n) is 3.29. The van der Waals surface area contributed by atoms with Crippen LogP contribution in [0.1, 0.15) is 11.6 Å². The van der Waals surface area contributed by atoms with Crippen LogP contribution in [0.3, 0.4) is 0 Å². The third-order valence-electron chi connectivity index (χ3n) is 4.87. The first kappa shape index (κ1) is 21.5. The number of rotatable bonds is 8. The summed E-state index contributed by atoms with van der Waals surface area (Å²) in [5.74, 6) is 0.447. The molecule has 2 aromatic rings. The first-order valence-electron chi connectivity index (χ1n) is 9.23. The Morgan fingerprint density at radius 3 is 2.34 bits per heavy atom. The number of morpholine rings is 1. The van der Waals surface area contributed by atoms with E-state index in [4.69, 9.17) is 14.2 Å². The zero-order valence-corrected chi connectivity index (χ0v) is 17.2. The van der Waals surface area contributed by atoms with Crippen LogP contribution in [0.2, 0.25) is 0 Å². The molecule has 0 saturated carbocycles. The lowest BCUT2D eigenvalue weighted by Crippen LogP contribution is -2.43. The molecule has 0 aliphatic carbocycles. The summed E-state index contributed by atoms with van der Waals surface area (Å²) < 4.78 is 57.5. The molecule has 9 heteroatoms. The minimum absolute atomic E-state index is 0.0787. The van der Waals surface area contributed by atoms with E-state index < -0.39 is 10.0 Å². The monoisotopic (exact) mass is 424 g/mol. The van der Waals surface area contributed by atoms with Gasteiger partial charge < -0.3 is 14.2 Å². The van der Waals surface area contributed by atoms with Gasteiger partial charge >= 0.3 is 0 Å². The molecule has 2 aromatic carbocycles. The normalized spacial score (nSPS) is 16.4. The summed E-state index contributed by atoms with van der Waals surface area (Å²) in [6.45, 7) is 2.61. The molecule has 3 rings (SSSR count). The number of benzene rings is 2. The van der Waals surface area contributed by atoms with Gasteiger partial charge in [-0.1, -0.05) is 12.1 Å². The van der Waals surface area contributed by atoms with E-state index in [1.807, 2.05) is 0 Å². The molecule has 7 nitrogen and oxygen atoms in total. The van der Waals surface area contributed by atoms with Crippen molar-refractivity contribution in [1.29, 1.82) is 0 Å². The largest absolute Gasteiger partial charge is 0.493 e. The molecule has 0 radical (unpaired) electrons. The van der Waals surface area contributed by atoms with Crippen molar-refractivity contribution in [2.75, 3.05) is 47.1 Å². The number of sulfonamides is 1. The van der Waals surface area contributed by atoms with E-state index in [1.54, 1.807) is 18.2 Å². The Morgan fingerprint density at radius 2 is 1.72 bits per heavy atom. The fraction of sp³-hybridized carbons (Fsp3) is 0.400. The minimum Gasteiger partial charge on any atom is -0.493 e. The topological polar surface area (TPSA) is 77.1 Å². The van der Waals surface area contributed by atoms with Gasteiger partial charge in [-0.2, -0.15) is 0 Å². The molecule has 1 unspecified atom stereocenters. The second-order valence-electron chi connectivity index (χ2n) is 6.58. The lowest BCUT2D eigenvalue weighted by Gasteiger charge is -2.34. The minimum atomic E-state index is -3.79. The second kappa shape index (κ2) is 9.53. The summed E-state index contributed by atoms with van der Waals surface area (Å²) in [6, 6.07) is 10.3. The number of halogens is 1. The van der Waals surface area contributed by atoms with Crippen LogP contribution in [0.5, 0.6) is 11.5 Å². The molecule has 1 fully saturated rings. The van der Waals surface area contributed by atoms with Crippen LogP contribution < -0.4 is 14.2 Å². The van der Waals surface area contributed by atoms with Crippen molar-refractivity contribution in [1.82, 2.24) is 9.62 Å². The molecule has 1 heterocycles. The predicted octanol–water partition coefficient (Wildman–Crippen LogP) is 2.19. The van der Waals surface area contributed by atoms with Crippen LogP contribution in [-0.4, -0.2) is 60.4 Å². The zero-order chi connectivity index (χ0) is 20.9. The number of nitrogens with one attached hydrogen (secondary N) is 1. The Kier molecular flexibility index (Phi) is 7.07. The van der Waals surface area contributed by atoms with Crippen molar-refractivity contribution >= 4 is 10.0 Å². The van der Waals surface area contributed by atoms with Crippen LogP contribution in [0.15, 0.2) is 47.4 Å². The van der Waals surface area contributed by atoms with Gasteiger partial charge in [-0.3, -0.25) is 4.90 Å². The average Bonchev–Trinajstić information content (AvgIpc) is 2.75. The van der Waals surface area contributed by atoms with Gasteiger partial charge in [0, 0.05) is 31.7 Å². The summed E-state index contributed by atoms with van der Waals surface area (Å²) in [5.41, 5.74) is 0.836. The van der Waals surface area contributed by atoms with Crippen molar-refractivity contribution in [2.24, 2.45) is 0 Å². The van der Waals surface area contributed by atoms with Crippen LogP contribution in [0, 0.1) is 5.82 Å². The van der Waals surface area contributed by atoms with Crippen molar-refractivity contribution in [3.05, 3.63) is 53.8 Å². The number of ether oxygens (including phenoxy) is 3. The molecule has 0 spiro atoms. The molecule has 1 atom stereocenters. The average molecular weight is 424 g/mol. The molecular weight excluding hydrogens is 399 g/mol. The van der Waals surface area contributed by atoms with E-state index in [2.05, 4.69) is 9.62 Å². The number of methoxy groups -OCH3 is 2. The fourth-order valence-corrected chi connectivity index (χ4v) is 4.34. The molecular formula is C20H25FN2O5S. The van der Waals surface area contributed by atoms with E-state index in [0.717, 1.165) is 5.56 Å². The Bertz CT molecular complexity index is 915. The molecule has 29 heavy (non-hydrogen) atoms. The van der Waals surface area contributed by atoms with Crippen molar-refractivity contribution < 1.29 is 27.0 Å². The SMILES string of the molecule is COc1ccc(S(=O)(=O)NCC(c2ccc(F)cc2)N2CCOCC2)cc1OC. The molecule has 158 valence electrons. The van der Waals surface area contributed by atoms with Gasteiger partial charge in [0.15, 0.2) is 11.5 Å². The lowest BCUT2D eigenvalue weighted by atomic mass is 10.0. The maximum absolute atomic E-state index is 13.4. The Hall–Kier alpha value is -2.20. The molecule has 0 bridgehead atoms.